The van der Waals surface area contributed by atoms with Gasteiger partial charge in [0.1, 0.15) is 6.61 Å². The van der Waals surface area contributed by atoms with Crippen LogP contribution in [0.15, 0.2) is 25.3 Å². The number of hydrogen-bond donors (Lipinski definition) is 4. The Morgan fingerprint density at radius 1 is 1.00 bits per heavy atom. The third-order valence-corrected chi connectivity index (χ3v) is 2.70. The number of hydrogen-bond acceptors (Lipinski definition) is 8. The molecule has 8 heteroatoms. The molecule has 0 amide bonds. The Morgan fingerprint density at radius 3 is 1.85 bits per heavy atom. The molecule has 0 aliphatic carbocycles. The summed E-state index contributed by atoms with van der Waals surface area (Å²) in [6.07, 6.45) is 1.56. The SMILES string of the molecule is C=CC(=O)OCC(CO)(OC(=O)C=C)C(O)(CO)CO. The van der Waals surface area contributed by atoms with Gasteiger partial charge >= 0.3 is 11.9 Å². The molecular weight excluding hydrogens is 272 g/mol. The van der Waals surface area contributed by atoms with Crippen molar-refractivity contribution in [1.29, 1.82) is 0 Å². The first kappa shape index (κ1) is 18.3. The molecule has 0 saturated carbocycles. The maximum atomic E-state index is 11.3. The highest BCUT2D eigenvalue weighted by Crippen LogP contribution is 2.27. The molecule has 8 nitrogen and oxygen atoms in total. The van der Waals surface area contributed by atoms with Crippen molar-refractivity contribution in [3.8, 4) is 0 Å². The predicted molar refractivity (Wildman–Crippen MR) is 66.4 cm³/mol. The Balaban J connectivity index is 5.46. The molecule has 0 aromatic heterocycles. The van der Waals surface area contributed by atoms with E-state index in [-0.39, 0.29) is 0 Å². The van der Waals surface area contributed by atoms with E-state index >= 15 is 0 Å². The number of rotatable bonds is 9. The summed E-state index contributed by atoms with van der Waals surface area (Å²) in [6.45, 7) is 2.35. The van der Waals surface area contributed by atoms with Crippen molar-refractivity contribution in [2.45, 2.75) is 11.2 Å². The molecule has 0 spiro atoms. The van der Waals surface area contributed by atoms with Crippen molar-refractivity contribution in [1.82, 2.24) is 0 Å². The Morgan fingerprint density at radius 2 is 1.50 bits per heavy atom. The van der Waals surface area contributed by atoms with Gasteiger partial charge in [-0.2, -0.15) is 0 Å². The van der Waals surface area contributed by atoms with E-state index in [1.165, 1.54) is 0 Å². The highest BCUT2D eigenvalue weighted by molar-refractivity contribution is 5.82. The third-order valence-electron chi connectivity index (χ3n) is 2.70. The monoisotopic (exact) mass is 290 g/mol. The minimum Gasteiger partial charge on any atom is -0.458 e. The number of esters is 2. The van der Waals surface area contributed by atoms with E-state index in [1.807, 2.05) is 0 Å². The van der Waals surface area contributed by atoms with Crippen LogP contribution in [0.1, 0.15) is 0 Å². The van der Waals surface area contributed by atoms with Crippen LogP contribution in [-0.4, -0.2) is 70.0 Å². The lowest BCUT2D eigenvalue weighted by atomic mass is 9.84. The van der Waals surface area contributed by atoms with E-state index in [9.17, 15) is 19.8 Å². The standard InChI is InChI=1S/C12H18O8/c1-3-9(16)19-8-12(7-15,20-10(17)4-2)11(18,5-13)6-14/h3-4,13-15,18H,1-2,5-8H2. The van der Waals surface area contributed by atoms with E-state index in [0.29, 0.717) is 0 Å². The fraction of sp³-hybridized carbons (Fsp3) is 0.500. The van der Waals surface area contributed by atoms with Crippen LogP contribution in [0, 0.1) is 0 Å². The maximum absolute atomic E-state index is 11.3. The van der Waals surface area contributed by atoms with E-state index in [2.05, 4.69) is 17.9 Å². The molecule has 114 valence electrons. The van der Waals surface area contributed by atoms with Crippen LogP contribution >= 0.6 is 0 Å². The summed E-state index contributed by atoms with van der Waals surface area (Å²) in [5.41, 5.74) is -4.68. The molecule has 0 aromatic rings. The van der Waals surface area contributed by atoms with E-state index in [0.717, 1.165) is 12.2 Å². The highest BCUT2D eigenvalue weighted by Gasteiger charge is 2.54. The second-order valence-electron chi connectivity index (χ2n) is 3.94. The summed E-state index contributed by atoms with van der Waals surface area (Å²) < 4.78 is 9.42. The summed E-state index contributed by atoms with van der Waals surface area (Å²) in [4.78, 5) is 22.3. The number of carbonyl (C=O) groups is 2. The molecule has 0 bridgehead atoms. The van der Waals surface area contributed by atoms with Crippen molar-refractivity contribution in [2.24, 2.45) is 0 Å². The van der Waals surface area contributed by atoms with Gasteiger partial charge in [0.2, 0.25) is 5.60 Å². The molecule has 1 unspecified atom stereocenters. The number of aliphatic hydroxyl groups excluding tert-OH is 3. The lowest BCUT2D eigenvalue weighted by molar-refractivity contribution is -0.238. The van der Waals surface area contributed by atoms with Gasteiger partial charge in [0.25, 0.3) is 0 Å². The zero-order chi connectivity index (χ0) is 15.8. The van der Waals surface area contributed by atoms with E-state index in [4.69, 9.17) is 14.9 Å². The molecule has 0 aromatic carbocycles. The van der Waals surface area contributed by atoms with Gasteiger partial charge < -0.3 is 29.9 Å². The van der Waals surface area contributed by atoms with Crippen LogP contribution in [0.5, 0.6) is 0 Å². The first-order chi connectivity index (χ1) is 9.34. The summed E-state index contributed by atoms with van der Waals surface area (Å²) in [6, 6.07) is 0. The van der Waals surface area contributed by atoms with Crippen LogP contribution in [0.3, 0.4) is 0 Å². The summed E-state index contributed by atoms with van der Waals surface area (Å²) in [5, 5.41) is 37.8. The predicted octanol–water partition coefficient (Wildman–Crippen LogP) is -2.11. The van der Waals surface area contributed by atoms with Gasteiger partial charge in [-0.3, -0.25) is 0 Å². The first-order valence-electron chi connectivity index (χ1n) is 5.54. The quantitative estimate of drug-likeness (QED) is 0.280. The molecule has 0 rings (SSSR count). The smallest absolute Gasteiger partial charge is 0.331 e. The van der Waals surface area contributed by atoms with Crippen molar-refractivity contribution in [3.05, 3.63) is 25.3 Å². The number of aliphatic hydroxyl groups is 4. The van der Waals surface area contributed by atoms with Gasteiger partial charge in [-0.15, -0.1) is 0 Å². The van der Waals surface area contributed by atoms with Crippen molar-refractivity contribution < 1.29 is 39.5 Å². The molecule has 0 aliphatic heterocycles. The third kappa shape index (κ3) is 3.87. The topological polar surface area (TPSA) is 134 Å². The van der Waals surface area contributed by atoms with Crippen LogP contribution in [0.2, 0.25) is 0 Å². The Labute approximate surface area is 115 Å². The van der Waals surface area contributed by atoms with Crippen LogP contribution in [0.25, 0.3) is 0 Å². The lowest BCUT2D eigenvalue weighted by Crippen LogP contribution is -2.66. The average Bonchev–Trinajstić information content (AvgIpc) is 2.49. The second-order valence-corrected chi connectivity index (χ2v) is 3.94. The van der Waals surface area contributed by atoms with Gasteiger partial charge in [0.15, 0.2) is 5.60 Å². The Kier molecular flexibility index (Phi) is 7.08. The van der Waals surface area contributed by atoms with Crippen LogP contribution < -0.4 is 0 Å². The normalized spacial score (nSPS) is 14.0. The van der Waals surface area contributed by atoms with E-state index in [1.54, 1.807) is 0 Å². The molecule has 0 saturated heterocycles. The summed E-state index contributed by atoms with van der Waals surface area (Å²) in [7, 11) is 0. The Bertz CT molecular complexity index is 374. The average molecular weight is 290 g/mol. The summed E-state index contributed by atoms with van der Waals surface area (Å²) >= 11 is 0. The molecule has 0 heterocycles. The fourth-order valence-electron chi connectivity index (χ4n) is 1.30. The molecule has 0 radical (unpaired) electrons. The number of carbonyl (C=O) groups excluding carboxylic acids is 2. The molecule has 0 aliphatic rings. The zero-order valence-electron chi connectivity index (χ0n) is 10.8. The molecule has 4 N–H and O–H groups in total. The lowest BCUT2D eigenvalue weighted by Gasteiger charge is -2.42. The zero-order valence-corrected chi connectivity index (χ0v) is 10.8. The second kappa shape index (κ2) is 7.75. The van der Waals surface area contributed by atoms with Crippen LogP contribution in [-0.2, 0) is 19.1 Å². The minimum atomic E-state index is -2.43. The largest absolute Gasteiger partial charge is 0.458 e. The van der Waals surface area contributed by atoms with E-state index < -0.39 is 49.6 Å². The van der Waals surface area contributed by atoms with Gasteiger partial charge in [0, 0.05) is 12.2 Å². The van der Waals surface area contributed by atoms with Crippen molar-refractivity contribution in [3.63, 3.8) is 0 Å². The number of ether oxygens (including phenoxy) is 2. The maximum Gasteiger partial charge on any atom is 0.331 e. The molecule has 0 fully saturated rings. The molecule has 20 heavy (non-hydrogen) atoms. The summed E-state index contributed by atoms with van der Waals surface area (Å²) in [5.74, 6) is -1.95. The van der Waals surface area contributed by atoms with Crippen LogP contribution in [0.4, 0.5) is 0 Å². The molecule has 1 atom stereocenters. The van der Waals surface area contributed by atoms with Gasteiger partial charge in [0.05, 0.1) is 19.8 Å². The Hall–Kier alpha value is -1.74. The van der Waals surface area contributed by atoms with Gasteiger partial charge in [-0.1, -0.05) is 13.2 Å². The van der Waals surface area contributed by atoms with Crippen molar-refractivity contribution in [2.75, 3.05) is 26.4 Å². The minimum absolute atomic E-state index is 0.745. The van der Waals surface area contributed by atoms with Crippen molar-refractivity contribution >= 4 is 11.9 Å². The molecular formula is C12H18O8. The van der Waals surface area contributed by atoms with Gasteiger partial charge in [-0.25, -0.2) is 9.59 Å². The fourth-order valence-corrected chi connectivity index (χ4v) is 1.30. The first-order valence-corrected chi connectivity index (χ1v) is 5.54. The highest BCUT2D eigenvalue weighted by atomic mass is 16.6. The van der Waals surface area contributed by atoms with Gasteiger partial charge in [-0.05, 0) is 0 Å².